The van der Waals surface area contributed by atoms with Gasteiger partial charge in [-0.3, -0.25) is 0 Å². The Morgan fingerprint density at radius 3 is 2.19 bits per heavy atom. The second kappa shape index (κ2) is 5.37. The summed E-state index contributed by atoms with van der Waals surface area (Å²) in [5.74, 6) is 0.792. The highest BCUT2D eigenvalue weighted by atomic mass is 79.9. The minimum Gasteiger partial charge on any atom is -0.403 e. The fourth-order valence-electron chi connectivity index (χ4n) is 3.12. The van der Waals surface area contributed by atoms with E-state index in [1.807, 2.05) is 0 Å². The smallest absolute Gasteiger partial charge is 0.403 e. The van der Waals surface area contributed by atoms with Gasteiger partial charge in [-0.25, -0.2) is 0 Å². The first kappa shape index (κ1) is 15.5. The summed E-state index contributed by atoms with van der Waals surface area (Å²) in [6.45, 7) is 10.4. The van der Waals surface area contributed by atoms with Crippen molar-refractivity contribution >= 4 is 23.0 Å². The van der Waals surface area contributed by atoms with Gasteiger partial charge in [-0.2, -0.15) is 0 Å². The van der Waals surface area contributed by atoms with Crippen molar-refractivity contribution in [1.82, 2.24) is 5.32 Å². The van der Waals surface area contributed by atoms with E-state index >= 15 is 0 Å². The van der Waals surface area contributed by atoms with Crippen LogP contribution >= 0.6 is 15.9 Å². The minimum atomic E-state index is -0.259. The summed E-state index contributed by atoms with van der Waals surface area (Å²) >= 11 is 3.50. The second-order valence-electron chi connectivity index (χ2n) is 7.10. The van der Waals surface area contributed by atoms with Gasteiger partial charge in [0.1, 0.15) is 0 Å². The Morgan fingerprint density at radius 1 is 1.05 bits per heavy atom. The number of halogens is 1. The molecular formula is C16H23BBrNO2. The van der Waals surface area contributed by atoms with E-state index in [0.717, 1.165) is 17.6 Å². The van der Waals surface area contributed by atoms with Crippen molar-refractivity contribution in [1.29, 1.82) is 0 Å². The Bertz CT molecular complexity index is 502. The number of nitrogens with one attached hydrogen (secondary N) is 1. The maximum Gasteiger partial charge on any atom is 0.463 e. The van der Waals surface area contributed by atoms with Gasteiger partial charge in [0.25, 0.3) is 0 Å². The Labute approximate surface area is 136 Å². The third-order valence-corrected chi connectivity index (χ3v) is 5.71. The van der Waals surface area contributed by atoms with Crippen LogP contribution in [0.15, 0.2) is 28.7 Å². The van der Waals surface area contributed by atoms with E-state index in [1.165, 1.54) is 5.56 Å². The Balaban J connectivity index is 1.81. The Kier molecular flexibility index (Phi) is 3.98. The van der Waals surface area contributed by atoms with Crippen LogP contribution in [0, 0.1) is 0 Å². The van der Waals surface area contributed by atoms with Crippen LogP contribution in [-0.2, 0) is 9.31 Å². The minimum absolute atomic E-state index is 0.140. The van der Waals surface area contributed by atoms with Crippen molar-refractivity contribution in [2.24, 2.45) is 0 Å². The summed E-state index contributed by atoms with van der Waals surface area (Å²) in [6.07, 6.45) is 0. The van der Waals surface area contributed by atoms with Crippen LogP contribution in [-0.4, -0.2) is 31.4 Å². The average Bonchev–Trinajstić information content (AvgIpc) is 2.94. The molecule has 2 aliphatic rings. The highest BCUT2D eigenvalue weighted by molar-refractivity contribution is 9.10. The second-order valence-corrected chi connectivity index (χ2v) is 8.02. The summed E-state index contributed by atoms with van der Waals surface area (Å²) in [4.78, 5) is 0. The molecule has 114 valence electrons. The molecule has 2 aliphatic heterocycles. The fourth-order valence-corrected chi connectivity index (χ4v) is 3.39. The van der Waals surface area contributed by atoms with Gasteiger partial charge in [0.15, 0.2) is 0 Å². The average molecular weight is 352 g/mol. The molecular weight excluding hydrogens is 329 g/mol. The molecule has 0 amide bonds. The highest BCUT2D eigenvalue weighted by Gasteiger charge is 2.55. The summed E-state index contributed by atoms with van der Waals surface area (Å²) in [5, 5.41) is 3.50. The van der Waals surface area contributed by atoms with E-state index in [4.69, 9.17) is 9.31 Å². The molecule has 21 heavy (non-hydrogen) atoms. The third-order valence-electron chi connectivity index (χ3n) is 5.18. The van der Waals surface area contributed by atoms with Crippen molar-refractivity contribution in [3.05, 3.63) is 34.3 Å². The van der Waals surface area contributed by atoms with Gasteiger partial charge in [-0.15, -0.1) is 0 Å². The lowest BCUT2D eigenvalue weighted by atomic mass is 9.65. The van der Waals surface area contributed by atoms with Crippen LogP contribution in [0.5, 0.6) is 0 Å². The molecule has 0 radical (unpaired) electrons. The van der Waals surface area contributed by atoms with E-state index in [0.29, 0.717) is 11.7 Å². The van der Waals surface area contributed by atoms with Crippen LogP contribution in [0.3, 0.4) is 0 Å². The number of hydrogen-bond donors (Lipinski definition) is 1. The highest BCUT2D eigenvalue weighted by Crippen LogP contribution is 2.45. The van der Waals surface area contributed by atoms with Gasteiger partial charge in [0.05, 0.1) is 11.2 Å². The summed E-state index contributed by atoms with van der Waals surface area (Å²) in [6, 6.07) is 8.60. The largest absolute Gasteiger partial charge is 0.463 e. The molecule has 0 aliphatic carbocycles. The SMILES string of the molecule is CC1(C)OB(C2CNCC2c2ccc(Br)cc2)OC1(C)C. The maximum absolute atomic E-state index is 6.25. The van der Waals surface area contributed by atoms with Crippen molar-refractivity contribution in [2.45, 2.75) is 50.6 Å². The first-order chi connectivity index (χ1) is 9.80. The van der Waals surface area contributed by atoms with Gasteiger partial charge in [-0.1, -0.05) is 28.1 Å². The normalized spacial score (nSPS) is 30.8. The van der Waals surface area contributed by atoms with E-state index in [1.54, 1.807) is 0 Å². The lowest BCUT2D eigenvalue weighted by molar-refractivity contribution is 0.00578. The number of benzene rings is 1. The molecule has 2 unspecified atom stereocenters. The lowest BCUT2D eigenvalue weighted by Gasteiger charge is -2.32. The predicted octanol–water partition coefficient (Wildman–Crippen LogP) is 3.60. The van der Waals surface area contributed by atoms with Crippen molar-refractivity contribution < 1.29 is 9.31 Å². The molecule has 1 aromatic carbocycles. The molecule has 2 atom stereocenters. The molecule has 2 saturated heterocycles. The molecule has 0 bridgehead atoms. The van der Waals surface area contributed by atoms with Gasteiger partial charge >= 0.3 is 7.12 Å². The van der Waals surface area contributed by atoms with Crippen LogP contribution in [0.2, 0.25) is 5.82 Å². The van der Waals surface area contributed by atoms with E-state index < -0.39 is 0 Å². The van der Waals surface area contributed by atoms with Crippen LogP contribution in [0.4, 0.5) is 0 Å². The van der Waals surface area contributed by atoms with Gasteiger partial charge in [-0.05, 0) is 57.9 Å². The molecule has 0 spiro atoms. The molecule has 3 nitrogen and oxygen atoms in total. The topological polar surface area (TPSA) is 30.5 Å². The molecule has 2 heterocycles. The zero-order valence-electron chi connectivity index (χ0n) is 13.2. The lowest BCUT2D eigenvalue weighted by Crippen LogP contribution is -2.41. The summed E-state index contributed by atoms with van der Waals surface area (Å²) in [7, 11) is -0.140. The first-order valence-electron chi connectivity index (χ1n) is 7.62. The zero-order valence-corrected chi connectivity index (χ0v) is 14.7. The summed E-state index contributed by atoms with van der Waals surface area (Å²) < 4.78 is 13.6. The van der Waals surface area contributed by atoms with Crippen molar-refractivity contribution in [2.75, 3.05) is 13.1 Å². The number of rotatable bonds is 2. The first-order valence-corrected chi connectivity index (χ1v) is 8.41. The van der Waals surface area contributed by atoms with Crippen molar-refractivity contribution in [3.63, 3.8) is 0 Å². The van der Waals surface area contributed by atoms with Crippen LogP contribution < -0.4 is 5.32 Å². The third kappa shape index (κ3) is 2.81. The van der Waals surface area contributed by atoms with Crippen LogP contribution in [0.25, 0.3) is 0 Å². The quantitative estimate of drug-likeness (QED) is 0.826. The zero-order chi connectivity index (χ0) is 15.3. The maximum atomic E-state index is 6.25. The van der Waals surface area contributed by atoms with E-state index in [2.05, 4.69) is 73.2 Å². The van der Waals surface area contributed by atoms with E-state index in [-0.39, 0.29) is 18.3 Å². The molecule has 0 aromatic heterocycles. The summed E-state index contributed by atoms with van der Waals surface area (Å²) in [5.41, 5.74) is 0.831. The molecule has 1 aromatic rings. The Morgan fingerprint density at radius 2 is 1.62 bits per heavy atom. The van der Waals surface area contributed by atoms with Crippen molar-refractivity contribution in [3.8, 4) is 0 Å². The monoisotopic (exact) mass is 351 g/mol. The van der Waals surface area contributed by atoms with Gasteiger partial charge < -0.3 is 14.6 Å². The van der Waals surface area contributed by atoms with Gasteiger partial charge in [0, 0.05) is 16.8 Å². The van der Waals surface area contributed by atoms with Gasteiger partial charge in [0.2, 0.25) is 0 Å². The number of hydrogen-bond acceptors (Lipinski definition) is 3. The van der Waals surface area contributed by atoms with E-state index in [9.17, 15) is 0 Å². The molecule has 2 fully saturated rings. The predicted molar refractivity (Wildman–Crippen MR) is 89.6 cm³/mol. The standard InChI is InChI=1S/C16H23BBrNO2/c1-15(2)16(3,4)21-17(20-15)14-10-19-9-13(14)11-5-7-12(18)8-6-11/h5-8,13-14,19H,9-10H2,1-4H3. The molecule has 5 heteroatoms. The molecule has 0 saturated carbocycles. The fraction of sp³-hybridized carbons (Fsp3) is 0.625. The molecule has 1 N–H and O–H groups in total. The molecule has 3 rings (SSSR count). The van der Waals surface area contributed by atoms with Crippen LogP contribution in [0.1, 0.15) is 39.2 Å². The Hall–Kier alpha value is -0.355.